The fourth-order valence-electron chi connectivity index (χ4n) is 1.90. The van der Waals surface area contributed by atoms with Crippen LogP contribution in [-0.2, 0) is 13.0 Å². The number of aliphatic hydroxyl groups is 1. The van der Waals surface area contributed by atoms with Crippen molar-refractivity contribution in [3.8, 4) is 0 Å². The van der Waals surface area contributed by atoms with Crippen LogP contribution in [0.3, 0.4) is 0 Å². The quantitative estimate of drug-likeness (QED) is 0.775. The summed E-state index contributed by atoms with van der Waals surface area (Å²) >= 11 is 0. The van der Waals surface area contributed by atoms with Gasteiger partial charge in [0, 0.05) is 6.42 Å². The van der Waals surface area contributed by atoms with Gasteiger partial charge in [0.05, 0.1) is 24.2 Å². The molecular formula is C11H21N3O. The molecule has 1 heterocycles. The van der Waals surface area contributed by atoms with Gasteiger partial charge < -0.3 is 15.4 Å². The van der Waals surface area contributed by atoms with Crippen molar-refractivity contribution in [1.29, 1.82) is 0 Å². The maximum atomic E-state index is 9.31. The minimum Gasteiger partial charge on any atom is -0.390 e. The molecule has 1 rings (SSSR count). The van der Waals surface area contributed by atoms with Crippen LogP contribution in [0.2, 0.25) is 0 Å². The molecule has 1 unspecified atom stereocenters. The molecule has 0 radical (unpaired) electrons. The third kappa shape index (κ3) is 2.38. The van der Waals surface area contributed by atoms with Crippen LogP contribution in [0.15, 0.2) is 0 Å². The first-order chi connectivity index (χ1) is 7.15. The largest absolute Gasteiger partial charge is 0.390 e. The Morgan fingerprint density at radius 3 is 2.60 bits per heavy atom. The number of aliphatic hydroxyl groups excluding tert-OH is 1. The highest BCUT2D eigenvalue weighted by molar-refractivity contribution is 5.16. The number of hydrogen-bond acceptors (Lipinski definition) is 3. The average molecular weight is 211 g/mol. The second kappa shape index (κ2) is 5.28. The molecule has 0 aromatic carbocycles. The van der Waals surface area contributed by atoms with Gasteiger partial charge in [0.15, 0.2) is 0 Å². The highest BCUT2D eigenvalue weighted by atomic mass is 16.3. The minimum absolute atomic E-state index is 0.0102. The van der Waals surface area contributed by atoms with E-state index in [1.54, 1.807) is 0 Å². The Labute approximate surface area is 91.1 Å². The van der Waals surface area contributed by atoms with E-state index in [0.29, 0.717) is 0 Å². The van der Waals surface area contributed by atoms with Gasteiger partial charge in [0.2, 0.25) is 0 Å². The monoisotopic (exact) mass is 211 g/mol. The number of rotatable bonds is 5. The predicted octanol–water partition coefficient (Wildman–Crippen LogP) is 1.50. The summed E-state index contributed by atoms with van der Waals surface area (Å²) in [5.41, 5.74) is 7.83. The molecule has 1 aromatic rings. The minimum atomic E-state index is -0.0618. The van der Waals surface area contributed by atoms with Crippen molar-refractivity contribution in [3.63, 3.8) is 0 Å². The molecule has 1 atom stereocenters. The molecule has 86 valence electrons. The first-order valence-corrected chi connectivity index (χ1v) is 5.58. The summed E-state index contributed by atoms with van der Waals surface area (Å²) in [6, 6.07) is 0. The lowest BCUT2D eigenvalue weighted by Gasteiger charge is -2.17. The van der Waals surface area contributed by atoms with E-state index in [-0.39, 0.29) is 12.8 Å². The molecule has 0 aliphatic heterocycles. The van der Waals surface area contributed by atoms with Gasteiger partial charge in [-0.3, -0.25) is 0 Å². The summed E-state index contributed by atoms with van der Waals surface area (Å²) in [6.45, 7) is 6.09. The van der Waals surface area contributed by atoms with Crippen molar-refractivity contribution in [3.05, 3.63) is 17.2 Å². The molecule has 0 saturated heterocycles. The van der Waals surface area contributed by atoms with Crippen molar-refractivity contribution in [2.45, 2.75) is 52.8 Å². The van der Waals surface area contributed by atoms with Crippen LogP contribution < -0.4 is 5.73 Å². The molecule has 0 aliphatic carbocycles. The zero-order valence-corrected chi connectivity index (χ0v) is 9.82. The zero-order chi connectivity index (χ0) is 11.4. The van der Waals surface area contributed by atoms with E-state index in [9.17, 15) is 5.11 Å². The second-order valence-corrected chi connectivity index (χ2v) is 3.80. The second-order valence-electron chi connectivity index (χ2n) is 3.80. The highest BCUT2D eigenvalue weighted by Gasteiger charge is 2.16. The van der Waals surface area contributed by atoms with Gasteiger partial charge >= 0.3 is 0 Å². The summed E-state index contributed by atoms with van der Waals surface area (Å²) in [4.78, 5) is 4.43. The number of imidazole rings is 1. The highest BCUT2D eigenvalue weighted by Crippen LogP contribution is 2.18. The Morgan fingerprint density at radius 2 is 2.13 bits per heavy atom. The molecule has 1 aromatic heterocycles. The lowest BCUT2D eigenvalue weighted by molar-refractivity contribution is 0.263. The van der Waals surface area contributed by atoms with E-state index in [4.69, 9.17) is 5.73 Å². The molecule has 0 bridgehead atoms. The summed E-state index contributed by atoms with van der Waals surface area (Å²) in [5, 5.41) is 9.31. The van der Waals surface area contributed by atoms with E-state index in [2.05, 4.69) is 18.8 Å². The Hall–Kier alpha value is -0.870. The summed E-state index contributed by atoms with van der Waals surface area (Å²) in [7, 11) is 0. The predicted molar refractivity (Wildman–Crippen MR) is 60.4 cm³/mol. The Balaban J connectivity index is 3.10. The molecule has 4 heteroatoms. The van der Waals surface area contributed by atoms with Gasteiger partial charge in [-0.05, 0) is 13.3 Å². The molecule has 0 amide bonds. The van der Waals surface area contributed by atoms with Crippen molar-refractivity contribution in [2.24, 2.45) is 5.73 Å². The smallest absolute Gasteiger partial charge is 0.110 e. The van der Waals surface area contributed by atoms with Crippen molar-refractivity contribution >= 4 is 0 Å². The van der Waals surface area contributed by atoms with E-state index < -0.39 is 0 Å². The fraction of sp³-hybridized carbons (Fsp3) is 0.727. The Morgan fingerprint density at radius 1 is 1.47 bits per heavy atom. The van der Waals surface area contributed by atoms with Crippen LogP contribution in [0, 0.1) is 6.92 Å². The standard InChI is InChI=1S/C11H21N3O/c1-4-6-10(12)14-9(7-15)8(3)13-11(14)5-2/h10,15H,4-7,12H2,1-3H3. The molecule has 0 aliphatic rings. The maximum absolute atomic E-state index is 9.31. The third-order valence-corrected chi connectivity index (χ3v) is 2.67. The van der Waals surface area contributed by atoms with E-state index >= 15 is 0 Å². The first-order valence-electron chi connectivity index (χ1n) is 5.58. The fourth-order valence-corrected chi connectivity index (χ4v) is 1.90. The molecule has 3 N–H and O–H groups in total. The molecule has 0 spiro atoms. The number of nitrogens with two attached hydrogens (primary N) is 1. The van der Waals surface area contributed by atoms with Crippen LogP contribution in [0.4, 0.5) is 0 Å². The molecule has 0 fully saturated rings. The first kappa shape index (κ1) is 12.2. The molecule has 15 heavy (non-hydrogen) atoms. The van der Waals surface area contributed by atoms with Crippen LogP contribution in [0.5, 0.6) is 0 Å². The zero-order valence-electron chi connectivity index (χ0n) is 9.82. The normalized spacial score (nSPS) is 13.1. The average Bonchev–Trinajstić information content (AvgIpc) is 2.54. The van der Waals surface area contributed by atoms with Crippen LogP contribution >= 0.6 is 0 Å². The number of hydrogen-bond donors (Lipinski definition) is 2. The summed E-state index contributed by atoms with van der Waals surface area (Å²) in [6.07, 6.45) is 2.73. The van der Waals surface area contributed by atoms with Crippen molar-refractivity contribution < 1.29 is 5.11 Å². The van der Waals surface area contributed by atoms with Gasteiger partial charge in [0.25, 0.3) is 0 Å². The number of nitrogens with zero attached hydrogens (tertiary/aromatic N) is 2. The van der Waals surface area contributed by atoms with Crippen LogP contribution in [-0.4, -0.2) is 14.7 Å². The van der Waals surface area contributed by atoms with E-state index in [1.807, 2.05) is 11.5 Å². The van der Waals surface area contributed by atoms with Crippen molar-refractivity contribution in [2.75, 3.05) is 0 Å². The van der Waals surface area contributed by atoms with Crippen LogP contribution in [0.25, 0.3) is 0 Å². The maximum Gasteiger partial charge on any atom is 0.110 e. The van der Waals surface area contributed by atoms with E-state index in [0.717, 1.165) is 36.5 Å². The van der Waals surface area contributed by atoms with Gasteiger partial charge in [-0.1, -0.05) is 20.3 Å². The van der Waals surface area contributed by atoms with Crippen LogP contribution in [0.1, 0.15) is 50.1 Å². The van der Waals surface area contributed by atoms with E-state index in [1.165, 1.54) is 0 Å². The Bertz CT molecular complexity index is 320. The van der Waals surface area contributed by atoms with Gasteiger partial charge in [0.1, 0.15) is 5.82 Å². The Kier molecular flexibility index (Phi) is 4.29. The van der Waals surface area contributed by atoms with Gasteiger partial charge in [-0.25, -0.2) is 4.98 Å². The summed E-state index contributed by atoms with van der Waals surface area (Å²) in [5.74, 6) is 0.970. The topological polar surface area (TPSA) is 64.1 Å². The number of aryl methyl sites for hydroxylation is 2. The lowest BCUT2D eigenvalue weighted by atomic mass is 10.2. The van der Waals surface area contributed by atoms with Gasteiger partial charge in [-0.15, -0.1) is 0 Å². The number of aromatic nitrogens is 2. The molecule has 4 nitrogen and oxygen atoms in total. The molecule has 0 saturated carbocycles. The van der Waals surface area contributed by atoms with Gasteiger partial charge in [-0.2, -0.15) is 0 Å². The lowest BCUT2D eigenvalue weighted by Crippen LogP contribution is -2.22. The third-order valence-electron chi connectivity index (χ3n) is 2.67. The summed E-state index contributed by atoms with van der Waals surface area (Å²) < 4.78 is 1.98. The van der Waals surface area contributed by atoms with Crippen molar-refractivity contribution in [1.82, 2.24) is 9.55 Å². The molecular weight excluding hydrogens is 190 g/mol. The SMILES string of the molecule is CCCC(N)n1c(CC)nc(C)c1CO.